The Morgan fingerprint density at radius 2 is 1.50 bits per heavy atom. The van der Waals surface area contributed by atoms with E-state index in [1.54, 1.807) is 12.2 Å². The highest BCUT2D eigenvalue weighted by molar-refractivity contribution is 5.13. The summed E-state index contributed by atoms with van der Waals surface area (Å²) in [5.74, 6) is 0. The molecule has 0 aliphatic carbocycles. The van der Waals surface area contributed by atoms with Crippen LogP contribution in [0.1, 0.15) is 12.5 Å². The molecule has 0 fully saturated rings. The standard InChI is InChI=1S/C8H10.C6H8/c1-2-8-6-4-3-5-7-8;1-3-5-6-4-2/h3-7H,2H2,1H3;3-6H,1-2H2/b;6-5-. The Labute approximate surface area is 87.3 Å². The molecule has 0 N–H and O–H groups in total. The van der Waals surface area contributed by atoms with Gasteiger partial charge in [-0.3, -0.25) is 0 Å². The molecule has 0 spiro atoms. The minimum absolute atomic E-state index is 1.14. The lowest BCUT2D eigenvalue weighted by Crippen LogP contribution is -1.73. The molecule has 0 aromatic heterocycles. The monoisotopic (exact) mass is 186 g/mol. The number of allylic oxidation sites excluding steroid dienone is 4. The van der Waals surface area contributed by atoms with Gasteiger partial charge >= 0.3 is 0 Å². The Kier molecular flexibility index (Phi) is 8.47. The van der Waals surface area contributed by atoms with Crippen LogP contribution in [0.3, 0.4) is 0 Å². The molecule has 0 aliphatic rings. The number of rotatable bonds is 3. The third-order valence-electron chi connectivity index (χ3n) is 1.63. The molecule has 74 valence electrons. The summed E-state index contributed by atoms with van der Waals surface area (Å²) < 4.78 is 0. The minimum Gasteiger partial charge on any atom is -0.0991 e. The highest BCUT2D eigenvalue weighted by atomic mass is 13.9. The normalized spacial score (nSPS) is 8.93. The van der Waals surface area contributed by atoms with E-state index in [2.05, 4.69) is 44.3 Å². The average Bonchev–Trinajstić information content (AvgIpc) is 2.28. The molecule has 14 heavy (non-hydrogen) atoms. The van der Waals surface area contributed by atoms with Gasteiger partial charge in [-0.2, -0.15) is 0 Å². The zero-order valence-corrected chi connectivity index (χ0v) is 8.82. The Bertz CT molecular complexity index is 257. The van der Waals surface area contributed by atoms with E-state index in [-0.39, 0.29) is 0 Å². The Morgan fingerprint density at radius 3 is 1.79 bits per heavy atom. The quantitative estimate of drug-likeness (QED) is 0.622. The van der Waals surface area contributed by atoms with Gasteiger partial charge in [0.15, 0.2) is 0 Å². The summed E-state index contributed by atoms with van der Waals surface area (Å²) in [6, 6.07) is 10.5. The third kappa shape index (κ3) is 7.11. The van der Waals surface area contributed by atoms with E-state index in [0.29, 0.717) is 0 Å². The van der Waals surface area contributed by atoms with Crippen LogP contribution in [0.25, 0.3) is 0 Å². The van der Waals surface area contributed by atoms with Crippen LogP contribution in [0.2, 0.25) is 0 Å². The maximum Gasteiger partial charge on any atom is -0.0307 e. The Balaban J connectivity index is 0.000000255. The number of hydrogen-bond donors (Lipinski definition) is 0. The van der Waals surface area contributed by atoms with E-state index in [1.807, 2.05) is 18.2 Å². The molecule has 0 heteroatoms. The van der Waals surface area contributed by atoms with E-state index in [9.17, 15) is 0 Å². The zero-order chi connectivity index (χ0) is 10.6. The molecule has 0 aliphatic heterocycles. The largest absolute Gasteiger partial charge is 0.0991 e. The Morgan fingerprint density at radius 1 is 1.00 bits per heavy atom. The fourth-order valence-electron chi connectivity index (χ4n) is 0.871. The predicted molar refractivity (Wildman–Crippen MR) is 65.4 cm³/mol. The van der Waals surface area contributed by atoms with Crippen molar-refractivity contribution in [1.29, 1.82) is 0 Å². The van der Waals surface area contributed by atoms with Crippen LogP contribution in [0.5, 0.6) is 0 Å². The van der Waals surface area contributed by atoms with Crippen molar-refractivity contribution in [3.8, 4) is 0 Å². The van der Waals surface area contributed by atoms with Gasteiger partial charge in [0.05, 0.1) is 0 Å². The van der Waals surface area contributed by atoms with E-state index in [0.717, 1.165) is 6.42 Å². The average molecular weight is 186 g/mol. The van der Waals surface area contributed by atoms with Crippen LogP contribution in [-0.4, -0.2) is 0 Å². The van der Waals surface area contributed by atoms with Crippen LogP contribution in [0.15, 0.2) is 67.8 Å². The van der Waals surface area contributed by atoms with Gasteiger partial charge in [-0.15, -0.1) is 0 Å². The fourth-order valence-corrected chi connectivity index (χ4v) is 0.871. The van der Waals surface area contributed by atoms with Crippen molar-refractivity contribution in [2.45, 2.75) is 13.3 Å². The van der Waals surface area contributed by atoms with Crippen molar-refractivity contribution in [1.82, 2.24) is 0 Å². The summed E-state index contributed by atoms with van der Waals surface area (Å²) in [5, 5.41) is 0. The maximum absolute atomic E-state index is 3.46. The summed E-state index contributed by atoms with van der Waals surface area (Å²) in [7, 11) is 0. The third-order valence-corrected chi connectivity index (χ3v) is 1.63. The first-order chi connectivity index (χ1) is 6.85. The van der Waals surface area contributed by atoms with E-state index >= 15 is 0 Å². The summed E-state index contributed by atoms with van der Waals surface area (Å²) in [4.78, 5) is 0. The zero-order valence-electron chi connectivity index (χ0n) is 8.82. The fraction of sp³-hybridized carbons (Fsp3) is 0.143. The second-order valence-corrected chi connectivity index (χ2v) is 2.70. The van der Waals surface area contributed by atoms with Crippen LogP contribution >= 0.6 is 0 Å². The van der Waals surface area contributed by atoms with Crippen molar-refractivity contribution in [3.63, 3.8) is 0 Å². The molecule has 0 saturated carbocycles. The summed E-state index contributed by atoms with van der Waals surface area (Å²) in [6.45, 7) is 9.09. The van der Waals surface area contributed by atoms with Crippen molar-refractivity contribution in [3.05, 3.63) is 73.4 Å². The highest BCUT2D eigenvalue weighted by Gasteiger charge is 1.79. The van der Waals surface area contributed by atoms with Crippen LogP contribution in [0.4, 0.5) is 0 Å². The van der Waals surface area contributed by atoms with Gasteiger partial charge in [0.2, 0.25) is 0 Å². The lowest BCUT2D eigenvalue weighted by Gasteiger charge is -1.89. The molecule has 0 unspecified atom stereocenters. The summed E-state index contributed by atoms with van der Waals surface area (Å²) in [5.41, 5.74) is 1.41. The molecule has 1 aromatic carbocycles. The van der Waals surface area contributed by atoms with Gasteiger partial charge < -0.3 is 0 Å². The first kappa shape index (κ1) is 12.4. The first-order valence-corrected chi connectivity index (χ1v) is 4.79. The van der Waals surface area contributed by atoms with E-state index in [4.69, 9.17) is 0 Å². The van der Waals surface area contributed by atoms with Crippen molar-refractivity contribution in [2.75, 3.05) is 0 Å². The van der Waals surface area contributed by atoms with Crippen molar-refractivity contribution < 1.29 is 0 Å². The van der Waals surface area contributed by atoms with Gasteiger partial charge in [-0.05, 0) is 12.0 Å². The second kappa shape index (κ2) is 9.53. The number of hydrogen-bond acceptors (Lipinski definition) is 0. The molecule has 0 bridgehead atoms. The van der Waals surface area contributed by atoms with Crippen molar-refractivity contribution in [2.24, 2.45) is 0 Å². The highest BCUT2D eigenvalue weighted by Crippen LogP contribution is 1.96. The SMILES string of the molecule is C=C/C=C\C=C.CCc1ccccc1. The molecule has 0 nitrogen and oxygen atoms in total. The van der Waals surface area contributed by atoms with Crippen LogP contribution in [0, 0.1) is 0 Å². The molecule has 1 rings (SSSR count). The molecule has 0 radical (unpaired) electrons. The molecule has 0 atom stereocenters. The molecular formula is C14H18. The number of benzene rings is 1. The van der Waals surface area contributed by atoms with E-state index < -0.39 is 0 Å². The topological polar surface area (TPSA) is 0 Å². The smallest absolute Gasteiger partial charge is 0.0307 e. The first-order valence-electron chi connectivity index (χ1n) is 4.79. The second-order valence-electron chi connectivity index (χ2n) is 2.70. The number of aryl methyl sites for hydroxylation is 1. The van der Waals surface area contributed by atoms with E-state index in [1.165, 1.54) is 5.56 Å². The summed E-state index contributed by atoms with van der Waals surface area (Å²) in [6.07, 6.45) is 8.21. The molecule has 0 heterocycles. The van der Waals surface area contributed by atoms with Gasteiger partial charge in [-0.25, -0.2) is 0 Å². The van der Waals surface area contributed by atoms with Gasteiger partial charge in [0.1, 0.15) is 0 Å². The maximum atomic E-state index is 3.46. The molecule has 0 amide bonds. The molecule has 1 aromatic rings. The van der Waals surface area contributed by atoms with Gasteiger partial charge in [-0.1, -0.05) is 74.7 Å². The van der Waals surface area contributed by atoms with Gasteiger partial charge in [0, 0.05) is 0 Å². The Hall–Kier alpha value is -1.56. The van der Waals surface area contributed by atoms with Crippen molar-refractivity contribution >= 4 is 0 Å². The molecular weight excluding hydrogens is 168 g/mol. The minimum atomic E-state index is 1.14. The lowest BCUT2D eigenvalue weighted by molar-refractivity contribution is 1.14. The van der Waals surface area contributed by atoms with Crippen LogP contribution in [-0.2, 0) is 6.42 Å². The predicted octanol–water partition coefficient (Wildman–Crippen LogP) is 4.16. The molecule has 0 saturated heterocycles. The van der Waals surface area contributed by atoms with Gasteiger partial charge in [0.25, 0.3) is 0 Å². The summed E-state index contributed by atoms with van der Waals surface area (Å²) >= 11 is 0. The van der Waals surface area contributed by atoms with Crippen LogP contribution < -0.4 is 0 Å². The lowest BCUT2D eigenvalue weighted by atomic mass is 10.2.